The zero-order valence-electron chi connectivity index (χ0n) is 11.5. The lowest BCUT2D eigenvalue weighted by atomic mass is 9.83. The summed E-state index contributed by atoms with van der Waals surface area (Å²) in [5.74, 6) is 0.123. The SMILES string of the molecule is CCN1CNC(c2ccccc2)(c2ccccc2)C1=O. The molecule has 1 amide bonds. The average molecular weight is 266 g/mol. The first-order valence-electron chi connectivity index (χ1n) is 6.94. The normalized spacial score (nSPS) is 17.4. The molecule has 1 aliphatic heterocycles. The van der Waals surface area contributed by atoms with Gasteiger partial charge in [0, 0.05) is 6.54 Å². The van der Waals surface area contributed by atoms with Gasteiger partial charge < -0.3 is 4.90 Å². The number of likely N-dealkylation sites (N-methyl/N-ethyl adjacent to an activating group) is 1. The van der Waals surface area contributed by atoms with E-state index in [0.29, 0.717) is 13.2 Å². The molecule has 2 aromatic carbocycles. The lowest BCUT2D eigenvalue weighted by molar-refractivity contribution is -0.131. The number of rotatable bonds is 3. The molecule has 102 valence electrons. The highest BCUT2D eigenvalue weighted by Crippen LogP contribution is 2.34. The first-order valence-corrected chi connectivity index (χ1v) is 6.94. The molecule has 0 aromatic heterocycles. The van der Waals surface area contributed by atoms with E-state index in [9.17, 15) is 4.79 Å². The molecule has 20 heavy (non-hydrogen) atoms. The van der Waals surface area contributed by atoms with Crippen LogP contribution in [0.2, 0.25) is 0 Å². The van der Waals surface area contributed by atoms with E-state index < -0.39 is 5.54 Å². The minimum Gasteiger partial charge on any atom is -0.328 e. The van der Waals surface area contributed by atoms with E-state index >= 15 is 0 Å². The summed E-state index contributed by atoms with van der Waals surface area (Å²) in [5.41, 5.74) is 1.23. The molecular formula is C17H18N2O. The van der Waals surface area contributed by atoms with Crippen LogP contribution in [0.1, 0.15) is 18.1 Å². The Bertz CT molecular complexity index is 555. The lowest BCUT2D eigenvalue weighted by Gasteiger charge is -2.28. The molecule has 1 aliphatic rings. The van der Waals surface area contributed by atoms with Crippen molar-refractivity contribution in [3.63, 3.8) is 0 Å². The number of nitrogens with zero attached hydrogens (tertiary/aromatic N) is 1. The molecule has 3 nitrogen and oxygen atoms in total. The largest absolute Gasteiger partial charge is 0.328 e. The maximum Gasteiger partial charge on any atom is 0.253 e. The Balaban J connectivity index is 2.17. The number of hydrogen-bond acceptors (Lipinski definition) is 2. The second kappa shape index (κ2) is 5.10. The van der Waals surface area contributed by atoms with Crippen molar-refractivity contribution in [3.8, 4) is 0 Å². The Kier molecular flexibility index (Phi) is 3.28. The van der Waals surface area contributed by atoms with Crippen molar-refractivity contribution in [2.75, 3.05) is 13.2 Å². The summed E-state index contributed by atoms with van der Waals surface area (Å²) in [5, 5.41) is 3.43. The molecule has 0 radical (unpaired) electrons. The fourth-order valence-electron chi connectivity index (χ4n) is 2.85. The maximum absolute atomic E-state index is 12.9. The number of amides is 1. The van der Waals surface area contributed by atoms with Gasteiger partial charge in [0.25, 0.3) is 5.91 Å². The van der Waals surface area contributed by atoms with E-state index in [1.54, 1.807) is 0 Å². The standard InChI is InChI=1S/C17H18N2O/c1-2-19-13-18-17(16(19)20,14-9-5-3-6-10-14)15-11-7-4-8-12-15/h3-12,18H,2,13H2,1H3. The van der Waals surface area contributed by atoms with Gasteiger partial charge >= 0.3 is 0 Å². The summed E-state index contributed by atoms with van der Waals surface area (Å²) in [6.45, 7) is 3.30. The molecular weight excluding hydrogens is 248 g/mol. The van der Waals surface area contributed by atoms with E-state index in [1.165, 1.54) is 0 Å². The Hall–Kier alpha value is -2.13. The number of carbonyl (C=O) groups excluding carboxylic acids is 1. The molecule has 1 heterocycles. The molecule has 0 aliphatic carbocycles. The van der Waals surface area contributed by atoms with E-state index in [2.05, 4.69) is 5.32 Å². The van der Waals surface area contributed by atoms with Crippen molar-refractivity contribution in [1.29, 1.82) is 0 Å². The fraction of sp³-hybridized carbons (Fsp3) is 0.235. The number of nitrogens with one attached hydrogen (secondary N) is 1. The van der Waals surface area contributed by atoms with Crippen LogP contribution >= 0.6 is 0 Å². The van der Waals surface area contributed by atoms with Crippen LogP contribution in [-0.2, 0) is 10.3 Å². The zero-order valence-corrected chi connectivity index (χ0v) is 11.5. The zero-order chi connectivity index (χ0) is 14.0. The van der Waals surface area contributed by atoms with E-state index in [0.717, 1.165) is 11.1 Å². The summed E-state index contributed by atoms with van der Waals surface area (Å²) in [6, 6.07) is 19.9. The molecule has 3 heteroatoms. The highest BCUT2D eigenvalue weighted by molar-refractivity contribution is 5.93. The van der Waals surface area contributed by atoms with E-state index in [1.807, 2.05) is 72.5 Å². The minimum absolute atomic E-state index is 0.123. The highest BCUT2D eigenvalue weighted by Gasteiger charge is 2.48. The quantitative estimate of drug-likeness (QED) is 0.925. The Morgan fingerprint density at radius 3 is 1.90 bits per heavy atom. The van der Waals surface area contributed by atoms with Crippen molar-refractivity contribution in [3.05, 3.63) is 71.8 Å². The van der Waals surface area contributed by atoms with Gasteiger partial charge in [-0.2, -0.15) is 0 Å². The van der Waals surface area contributed by atoms with Gasteiger partial charge in [-0.15, -0.1) is 0 Å². The second-order valence-electron chi connectivity index (χ2n) is 4.98. The molecule has 1 fully saturated rings. The topological polar surface area (TPSA) is 32.3 Å². The first kappa shape index (κ1) is 12.9. The van der Waals surface area contributed by atoms with Crippen molar-refractivity contribution >= 4 is 5.91 Å². The minimum atomic E-state index is -0.751. The molecule has 1 N–H and O–H groups in total. The average Bonchev–Trinajstić information content (AvgIpc) is 2.87. The van der Waals surface area contributed by atoms with Gasteiger partial charge in [-0.3, -0.25) is 10.1 Å². The Morgan fingerprint density at radius 2 is 1.50 bits per heavy atom. The third-order valence-electron chi connectivity index (χ3n) is 3.94. The van der Waals surface area contributed by atoms with Crippen LogP contribution in [-0.4, -0.2) is 24.0 Å². The van der Waals surface area contributed by atoms with E-state index in [-0.39, 0.29) is 5.91 Å². The molecule has 0 bridgehead atoms. The summed E-state index contributed by atoms with van der Waals surface area (Å²) in [7, 11) is 0. The van der Waals surface area contributed by atoms with Gasteiger partial charge in [0.15, 0.2) is 5.54 Å². The molecule has 0 unspecified atom stereocenters. The first-order chi connectivity index (χ1) is 9.79. The lowest BCUT2D eigenvalue weighted by Crippen LogP contribution is -2.44. The number of carbonyl (C=O) groups is 1. The van der Waals surface area contributed by atoms with Gasteiger partial charge in [-0.05, 0) is 18.1 Å². The van der Waals surface area contributed by atoms with Gasteiger partial charge in [0.2, 0.25) is 0 Å². The summed E-state index contributed by atoms with van der Waals surface area (Å²) >= 11 is 0. The van der Waals surface area contributed by atoms with Crippen molar-refractivity contribution in [1.82, 2.24) is 10.2 Å². The molecule has 0 spiro atoms. The monoisotopic (exact) mass is 266 g/mol. The van der Waals surface area contributed by atoms with Crippen LogP contribution in [0, 0.1) is 0 Å². The Morgan fingerprint density at radius 1 is 1.00 bits per heavy atom. The van der Waals surface area contributed by atoms with Crippen LogP contribution in [0.15, 0.2) is 60.7 Å². The fourth-order valence-corrected chi connectivity index (χ4v) is 2.85. The number of benzene rings is 2. The summed E-state index contributed by atoms with van der Waals surface area (Å²) in [6.07, 6.45) is 0. The number of hydrogen-bond donors (Lipinski definition) is 1. The Labute approximate surface area is 119 Å². The molecule has 1 saturated heterocycles. The summed E-state index contributed by atoms with van der Waals surface area (Å²) in [4.78, 5) is 14.8. The smallest absolute Gasteiger partial charge is 0.253 e. The predicted octanol–water partition coefficient (Wildman–Crippen LogP) is 2.34. The maximum atomic E-state index is 12.9. The van der Waals surface area contributed by atoms with Crippen molar-refractivity contribution in [2.45, 2.75) is 12.5 Å². The van der Waals surface area contributed by atoms with Crippen molar-refractivity contribution < 1.29 is 4.79 Å². The summed E-state index contributed by atoms with van der Waals surface area (Å²) < 4.78 is 0. The van der Waals surface area contributed by atoms with Crippen LogP contribution in [0.4, 0.5) is 0 Å². The van der Waals surface area contributed by atoms with Gasteiger partial charge in [-0.1, -0.05) is 60.7 Å². The van der Waals surface area contributed by atoms with Crippen LogP contribution < -0.4 is 5.32 Å². The molecule has 3 rings (SSSR count). The highest BCUT2D eigenvalue weighted by atomic mass is 16.2. The third-order valence-corrected chi connectivity index (χ3v) is 3.94. The van der Waals surface area contributed by atoms with Gasteiger partial charge in [0.05, 0.1) is 6.67 Å². The van der Waals surface area contributed by atoms with Gasteiger partial charge in [0.1, 0.15) is 0 Å². The van der Waals surface area contributed by atoms with Crippen LogP contribution in [0.5, 0.6) is 0 Å². The van der Waals surface area contributed by atoms with Crippen LogP contribution in [0.3, 0.4) is 0 Å². The third kappa shape index (κ3) is 1.82. The van der Waals surface area contributed by atoms with Crippen LogP contribution in [0.25, 0.3) is 0 Å². The molecule has 0 atom stereocenters. The van der Waals surface area contributed by atoms with E-state index in [4.69, 9.17) is 0 Å². The predicted molar refractivity (Wildman–Crippen MR) is 79.1 cm³/mol. The molecule has 2 aromatic rings. The van der Waals surface area contributed by atoms with Crippen molar-refractivity contribution in [2.24, 2.45) is 0 Å². The molecule has 0 saturated carbocycles. The second-order valence-corrected chi connectivity index (χ2v) is 4.98. The van der Waals surface area contributed by atoms with Gasteiger partial charge in [-0.25, -0.2) is 0 Å².